The molecule has 0 saturated heterocycles. The molecule has 0 spiro atoms. The Morgan fingerprint density at radius 3 is 2.07 bits per heavy atom. The molecule has 4 rings (SSSR count). The molecule has 0 saturated carbocycles. The molecular formula is C24H21Cl3FN5O9S3. The average Bonchev–Trinajstić information content (AvgIpc) is 2.91. The van der Waals surface area contributed by atoms with E-state index < -0.39 is 40.4 Å². The number of ether oxygens (including phenoxy) is 1. The predicted octanol–water partition coefficient (Wildman–Crippen LogP) is 4.33. The molecule has 0 radical (unpaired) electrons. The fourth-order valence-corrected chi connectivity index (χ4v) is 5.79. The molecule has 0 aliphatic rings. The number of rotatable bonds is 9. The highest BCUT2D eigenvalue weighted by Crippen LogP contribution is 2.34. The van der Waals surface area contributed by atoms with Gasteiger partial charge in [-0.3, -0.25) is 9.11 Å². The summed E-state index contributed by atoms with van der Waals surface area (Å²) in [6, 6.07) is 13.4. The number of halogens is 4. The van der Waals surface area contributed by atoms with Crippen molar-refractivity contribution in [2.45, 2.75) is 22.9 Å². The van der Waals surface area contributed by atoms with Gasteiger partial charge >= 0.3 is 20.6 Å². The lowest BCUT2D eigenvalue weighted by Crippen LogP contribution is -2.23. The highest BCUT2D eigenvalue weighted by atomic mass is 35.5. The number of hydrogen-bond acceptors (Lipinski definition) is 11. The summed E-state index contributed by atoms with van der Waals surface area (Å²) in [6.07, 6.45) is 0. The summed E-state index contributed by atoms with van der Waals surface area (Å²) in [4.78, 5) is 7.06. The van der Waals surface area contributed by atoms with Crippen LogP contribution in [0.1, 0.15) is 11.3 Å². The maximum absolute atomic E-state index is 13.3. The average molecular weight is 745 g/mol. The van der Waals surface area contributed by atoms with Crippen LogP contribution in [0.3, 0.4) is 0 Å². The lowest BCUT2D eigenvalue weighted by molar-refractivity contribution is 0.302. The van der Waals surface area contributed by atoms with E-state index in [2.05, 4.69) is 14.7 Å². The Morgan fingerprint density at radius 2 is 1.47 bits per heavy atom. The Balaban J connectivity index is 0.00000102. The van der Waals surface area contributed by atoms with Crippen LogP contribution in [0.5, 0.6) is 5.75 Å². The van der Waals surface area contributed by atoms with Crippen LogP contribution in [0.15, 0.2) is 70.5 Å². The molecule has 0 bridgehead atoms. The van der Waals surface area contributed by atoms with Crippen molar-refractivity contribution < 1.29 is 43.0 Å². The lowest BCUT2D eigenvalue weighted by atomic mass is 10.0. The van der Waals surface area contributed by atoms with Crippen molar-refractivity contribution in [3.8, 4) is 16.9 Å². The van der Waals surface area contributed by atoms with Gasteiger partial charge in [0.15, 0.2) is 0 Å². The van der Waals surface area contributed by atoms with Crippen LogP contribution in [0, 0.1) is 0 Å². The van der Waals surface area contributed by atoms with Crippen molar-refractivity contribution in [3.05, 3.63) is 87.0 Å². The third kappa shape index (κ3) is 10.6. The van der Waals surface area contributed by atoms with E-state index in [0.29, 0.717) is 32.4 Å². The number of nitrogens with zero attached hydrogens (tertiary/aromatic N) is 2. The summed E-state index contributed by atoms with van der Waals surface area (Å²) in [7, 11) is -13.9. The summed E-state index contributed by atoms with van der Waals surface area (Å²) in [5.41, 5.74) is 13.7. The Kier molecular flexibility index (Phi) is 11.6. The summed E-state index contributed by atoms with van der Waals surface area (Å²) in [5.74, 6) is 0.293. The SMILES string of the molecule is Nc1nc(N)c(-c2ccc(Cl)c(Cl)c2)c(COc2ccc(CNS(=O)(=O)c3cccc(S(=O)(=O)F)c3)cc2Cl)n1.O=S(=O)(O)O. The maximum Gasteiger partial charge on any atom is 0.394 e. The molecule has 4 aromatic rings. The molecule has 0 fully saturated rings. The quantitative estimate of drug-likeness (QED) is 0.119. The minimum Gasteiger partial charge on any atom is -0.486 e. The molecule has 7 N–H and O–H groups in total. The molecule has 0 amide bonds. The molecule has 3 aromatic carbocycles. The van der Waals surface area contributed by atoms with Crippen LogP contribution in [-0.4, -0.2) is 44.3 Å². The van der Waals surface area contributed by atoms with Crippen molar-refractivity contribution in [2.75, 3.05) is 11.5 Å². The first kappa shape index (κ1) is 36.1. The molecule has 21 heteroatoms. The monoisotopic (exact) mass is 743 g/mol. The van der Waals surface area contributed by atoms with E-state index >= 15 is 0 Å². The van der Waals surface area contributed by atoms with E-state index in [-0.39, 0.29) is 35.7 Å². The van der Waals surface area contributed by atoms with Crippen molar-refractivity contribution in [3.63, 3.8) is 0 Å². The Morgan fingerprint density at radius 1 is 0.822 bits per heavy atom. The van der Waals surface area contributed by atoms with E-state index in [1.165, 1.54) is 12.1 Å². The molecular weight excluding hydrogens is 724 g/mol. The molecule has 0 aliphatic heterocycles. The molecule has 0 aliphatic carbocycles. The van der Waals surface area contributed by atoms with Crippen LogP contribution in [0.2, 0.25) is 15.1 Å². The highest BCUT2D eigenvalue weighted by Gasteiger charge is 2.20. The third-order valence-corrected chi connectivity index (χ3v) is 8.71. The van der Waals surface area contributed by atoms with Gasteiger partial charge in [-0.25, -0.2) is 18.1 Å². The van der Waals surface area contributed by atoms with E-state index in [9.17, 15) is 20.7 Å². The van der Waals surface area contributed by atoms with E-state index in [4.69, 9.17) is 68.5 Å². The minimum absolute atomic E-state index is 0.0664. The zero-order valence-corrected chi connectivity index (χ0v) is 26.9. The number of aromatic nitrogens is 2. The summed E-state index contributed by atoms with van der Waals surface area (Å²) < 4.78 is 100. The number of nitrogens with two attached hydrogens (primary N) is 2. The van der Waals surface area contributed by atoms with Gasteiger partial charge < -0.3 is 16.2 Å². The molecule has 1 aromatic heterocycles. The van der Waals surface area contributed by atoms with Gasteiger partial charge in [0.2, 0.25) is 16.0 Å². The van der Waals surface area contributed by atoms with Gasteiger partial charge in [-0.1, -0.05) is 53.0 Å². The first-order valence-corrected chi connectivity index (χ1v) is 17.2. The Labute approximate surface area is 272 Å². The first-order chi connectivity index (χ1) is 20.7. The highest BCUT2D eigenvalue weighted by molar-refractivity contribution is 7.89. The van der Waals surface area contributed by atoms with Crippen molar-refractivity contribution >= 4 is 77.2 Å². The second-order valence-electron chi connectivity index (χ2n) is 8.66. The smallest absolute Gasteiger partial charge is 0.394 e. The van der Waals surface area contributed by atoms with Crippen LogP contribution < -0.4 is 20.9 Å². The van der Waals surface area contributed by atoms with Gasteiger partial charge in [0.05, 0.1) is 30.6 Å². The third-order valence-electron chi connectivity index (χ3n) is 5.46. The van der Waals surface area contributed by atoms with E-state index in [1.54, 1.807) is 24.3 Å². The topological polar surface area (TPSA) is 242 Å². The zero-order chi connectivity index (χ0) is 33.7. The summed E-state index contributed by atoms with van der Waals surface area (Å²) in [5, 5.41) is 0.818. The van der Waals surface area contributed by atoms with Gasteiger partial charge in [0.1, 0.15) is 18.2 Å². The number of sulfonamides is 1. The largest absolute Gasteiger partial charge is 0.486 e. The van der Waals surface area contributed by atoms with Gasteiger partial charge in [-0.15, -0.1) is 3.89 Å². The standard InChI is InChI=1S/C24H19Cl3FN5O5S2.H2O4S/c25-17-6-5-14(9-18(17)26)22-20(32-24(30)33-23(22)29)12-38-21-7-4-13(8-19(21)27)11-31-40(36,37)16-3-1-2-15(10-16)39(28,34)35;1-5(2,3)4/h1-10,31H,11-12H2,(H4,29,30,32,33);(H2,1,2,3,4). The van der Waals surface area contributed by atoms with Gasteiger partial charge in [0.25, 0.3) is 0 Å². The number of nitrogens with one attached hydrogen (secondary N) is 1. The second-order valence-corrected chi connectivity index (χ2v) is 13.9. The van der Waals surface area contributed by atoms with Crippen LogP contribution in [0.25, 0.3) is 11.1 Å². The van der Waals surface area contributed by atoms with Crippen LogP contribution >= 0.6 is 34.8 Å². The first-order valence-electron chi connectivity index (χ1n) is 11.8. The Hall–Kier alpha value is -3.33. The predicted molar refractivity (Wildman–Crippen MR) is 165 cm³/mol. The summed E-state index contributed by atoms with van der Waals surface area (Å²) >= 11 is 18.5. The normalized spacial score (nSPS) is 11.9. The molecule has 0 atom stereocenters. The lowest BCUT2D eigenvalue weighted by Gasteiger charge is -2.15. The minimum atomic E-state index is -5.07. The van der Waals surface area contributed by atoms with Crippen molar-refractivity contribution in [1.82, 2.24) is 14.7 Å². The molecule has 1 heterocycles. The van der Waals surface area contributed by atoms with Crippen LogP contribution in [0.4, 0.5) is 15.7 Å². The van der Waals surface area contributed by atoms with E-state index in [0.717, 1.165) is 24.3 Å². The van der Waals surface area contributed by atoms with Gasteiger partial charge in [-0.05, 0) is 53.6 Å². The van der Waals surface area contributed by atoms with Crippen molar-refractivity contribution in [2.24, 2.45) is 0 Å². The number of benzene rings is 3. The van der Waals surface area contributed by atoms with E-state index in [1.807, 2.05) is 0 Å². The fraction of sp³-hybridized carbons (Fsp3) is 0.0833. The van der Waals surface area contributed by atoms with Crippen LogP contribution in [-0.2, 0) is 43.8 Å². The Bertz CT molecular complexity index is 2060. The second kappa shape index (κ2) is 14.4. The summed E-state index contributed by atoms with van der Waals surface area (Å²) in [6.45, 7) is -0.304. The number of nitrogen functional groups attached to an aromatic ring is 2. The molecule has 14 nitrogen and oxygen atoms in total. The zero-order valence-electron chi connectivity index (χ0n) is 22.2. The molecule has 242 valence electrons. The van der Waals surface area contributed by atoms with Crippen molar-refractivity contribution in [1.29, 1.82) is 0 Å². The fourth-order valence-electron chi connectivity index (χ4n) is 3.59. The number of hydrogen-bond donors (Lipinski definition) is 5. The van der Waals surface area contributed by atoms with Gasteiger partial charge in [0, 0.05) is 12.1 Å². The van der Waals surface area contributed by atoms with Gasteiger partial charge in [-0.2, -0.15) is 21.8 Å². The maximum atomic E-state index is 13.3. The number of anilines is 2. The molecule has 45 heavy (non-hydrogen) atoms. The molecule has 0 unspecified atom stereocenters.